The lowest BCUT2D eigenvalue weighted by Crippen LogP contribution is -2.14. The second-order valence-corrected chi connectivity index (χ2v) is 5.02. The van der Waals surface area contributed by atoms with Gasteiger partial charge in [0.05, 0.1) is 13.2 Å². The smallest absolute Gasteiger partial charge is 0.330 e. The SMILES string of the molecule is CCOC(=O)/C=C(/CCC=C(C)C)CCOC(C)OCC. The molecular formula is C17H30O4. The number of carbonyl (C=O) groups excluding carboxylic acids is 1. The first kappa shape index (κ1) is 19.9. The van der Waals surface area contributed by atoms with Crippen molar-refractivity contribution in [1.29, 1.82) is 0 Å². The molecule has 0 fully saturated rings. The molecule has 1 unspecified atom stereocenters. The van der Waals surface area contributed by atoms with Gasteiger partial charge in [0.2, 0.25) is 0 Å². The Kier molecular flexibility index (Phi) is 11.9. The maximum absolute atomic E-state index is 11.6. The molecule has 0 amide bonds. The number of allylic oxidation sites excluding steroid dienone is 2. The predicted octanol–water partition coefficient (Wildman–Crippen LogP) is 4.01. The molecule has 0 radical (unpaired) electrons. The van der Waals surface area contributed by atoms with Gasteiger partial charge in [-0.15, -0.1) is 0 Å². The van der Waals surface area contributed by atoms with E-state index in [4.69, 9.17) is 14.2 Å². The number of rotatable bonds is 11. The first-order chi connectivity index (χ1) is 9.99. The zero-order valence-corrected chi connectivity index (χ0v) is 14.1. The summed E-state index contributed by atoms with van der Waals surface area (Å²) in [7, 11) is 0. The van der Waals surface area contributed by atoms with E-state index in [2.05, 4.69) is 19.9 Å². The fraction of sp³-hybridized carbons (Fsp3) is 0.706. The van der Waals surface area contributed by atoms with Gasteiger partial charge in [-0.3, -0.25) is 0 Å². The van der Waals surface area contributed by atoms with Crippen LogP contribution in [0.25, 0.3) is 0 Å². The molecule has 122 valence electrons. The molecule has 0 N–H and O–H groups in total. The van der Waals surface area contributed by atoms with Crippen LogP contribution in [-0.2, 0) is 19.0 Å². The van der Waals surface area contributed by atoms with Gasteiger partial charge in [0.25, 0.3) is 0 Å². The molecule has 0 aliphatic carbocycles. The zero-order valence-electron chi connectivity index (χ0n) is 14.1. The number of hydrogen-bond donors (Lipinski definition) is 0. The van der Waals surface area contributed by atoms with Gasteiger partial charge in [0, 0.05) is 12.7 Å². The number of hydrogen-bond acceptors (Lipinski definition) is 4. The molecule has 0 aliphatic rings. The second kappa shape index (κ2) is 12.6. The standard InChI is InChI=1S/C17H30O4/c1-6-19-15(5)21-12-11-16(10-8-9-14(3)4)13-17(18)20-7-2/h9,13,15H,6-8,10-12H2,1-5H3/b16-13-. The Morgan fingerprint density at radius 3 is 2.38 bits per heavy atom. The van der Waals surface area contributed by atoms with Gasteiger partial charge in [-0.2, -0.15) is 0 Å². The van der Waals surface area contributed by atoms with Crippen molar-refractivity contribution in [3.8, 4) is 0 Å². The van der Waals surface area contributed by atoms with Crippen molar-refractivity contribution in [3.63, 3.8) is 0 Å². The molecular weight excluding hydrogens is 268 g/mol. The van der Waals surface area contributed by atoms with Gasteiger partial charge >= 0.3 is 5.97 Å². The lowest BCUT2D eigenvalue weighted by Gasteiger charge is -2.13. The fourth-order valence-corrected chi connectivity index (χ4v) is 1.80. The Hall–Kier alpha value is -1.13. The van der Waals surface area contributed by atoms with Crippen molar-refractivity contribution in [2.24, 2.45) is 0 Å². The summed E-state index contributed by atoms with van der Waals surface area (Å²) in [6.45, 7) is 11.3. The minimum atomic E-state index is -0.275. The van der Waals surface area contributed by atoms with Crippen LogP contribution in [0.3, 0.4) is 0 Å². The van der Waals surface area contributed by atoms with Crippen LogP contribution in [0, 0.1) is 0 Å². The molecule has 0 aromatic rings. The summed E-state index contributed by atoms with van der Waals surface area (Å²) < 4.78 is 15.8. The van der Waals surface area contributed by atoms with Crippen LogP contribution in [-0.4, -0.2) is 32.1 Å². The minimum absolute atomic E-state index is 0.211. The molecule has 0 saturated heterocycles. The lowest BCUT2D eigenvalue weighted by atomic mass is 10.1. The van der Waals surface area contributed by atoms with Crippen molar-refractivity contribution in [3.05, 3.63) is 23.3 Å². The van der Waals surface area contributed by atoms with Gasteiger partial charge in [0.15, 0.2) is 6.29 Å². The number of esters is 1. The summed E-state index contributed by atoms with van der Waals surface area (Å²) in [4.78, 5) is 11.6. The van der Waals surface area contributed by atoms with Gasteiger partial charge in [-0.25, -0.2) is 4.79 Å². The third-order valence-electron chi connectivity index (χ3n) is 2.80. The lowest BCUT2D eigenvalue weighted by molar-refractivity contribution is -0.137. The molecule has 0 aromatic carbocycles. The van der Waals surface area contributed by atoms with E-state index >= 15 is 0 Å². The average molecular weight is 298 g/mol. The Balaban J connectivity index is 4.37. The molecule has 0 bridgehead atoms. The van der Waals surface area contributed by atoms with E-state index in [0.29, 0.717) is 26.2 Å². The first-order valence-corrected chi connectivity index (χ1v) is 7.72. The summed E-state index contributed by atoms with van der Waals surface area (Å²) in [5.41, 5.74) is 2.33. The van der Waals surface area contributed by atoms with Crippen molar-refractivity contribution in [2.75, 3.05) is 19.8 Å². The number of carbonyl (C=O) groups is 1. The Labute approximate surface area is 129 Å². The van der Waals surface area contributed by atoms with Crippen LogP contribution in [0.4, 0.5) is 0 Å². The van der Waals surface area contributed by atoms with E-state index in [1.54, 1.807) is 6.08 Å². The quantitative estimate of drug-likeness (QED) is 0.250. The van der Waals surface area contributed by atoms with Crippen LogP contribution in [0.5, 0.6) is 0 Å². The summed E-state index contributed by atoms with van der Waals surface area (Å²) in [6.07, 6.45) is 6.04. The molecule has 0 spiro atoms. The highest BCUT2D eigenvalue weighted by molar-refractivity contribution is 5.82. The van der Waals surface area contributed by atoms with Crippen LogP contribution in [0.1, 0.15) is 53.9 Å². The molecule has 0 aliphatic heterocycles. The van der Waals surface area contributed by atoms with Crippen LogP contribution >= 0.6 is 0 Å². The van der Waals surface area contributed by atoms with Crippen LogP contribution < -0.4 is 0 Å². The van der Waals surface area contributed by atoms with Crippen LogP contribution in [0.2, 0.25) is 0 Å². The average Bonchev–Trinajstić information content (AvgIpc) is 2.38. The van der Waals surface area contributed by atoms with Gasteiger partial charge in [0.1, 0.15) is 0 Å². The first-order valence-electron chi connectivity index (χ1n) is 7.72. The van der Waals surface area contributed by atoms with Crippen molar-refractivity contribution < 1.29 is 19.0 Å². The topological polar surface area (TPSA) is 44.8 Å². The van der Waals surface area contributed by atoms with E-state index in [-0.39, 0.29) is 12.3 Å². The molecule has 0 aromatic heterocycles. The van der Waals surface area contributed by atoms with E-state index < -0.39 is 0 Å². The van der Waals surface area contributed by atoms with E-state index in [0.717, 1.165) is 18.4 Å². The molecule has 4 heteroatoms. The maximum Gasteiger partial charge on any atom is 0.330 e. The molecule has 0 heterocycles. The molecule has 4 nitrogen and oxygen atoms in total. The second-order valence-electron chi connectivity index (χ2n) is 5.02. The van der Waals surface area contributed by atoms with E-state index in [9.17, 15) is 4.79 Å². The molecule has 0 saturated carbocycles. The van der Waals surface area contributed by atoms with E-state index in [1.165, 1.54) is 5.57 Å². The summed E-state index contributed by atoms with van der Waals surface area (Å²) >= 11 is 0. The predicted molar refractivity (Wildman–Crippen MR) is 85.0 cm³/mol. The highest BCUT2D eigenvalue weighted by Gasteiger charge is 2.05. The Bertz CT molecular complexity index is 341. The van der Waals surface area contributed by atoms with E-state index in [1.807, 2.05) is 20.8 Å². The Morgan fingerprint density at radius 1 is 1.10 bits per heavy atom. The summed E-state index contributed by atoms with van der Waals surface area (Å²) in [5, 5.41) is 0. The van der Waals surface area contributed by atoms with Crippen molar-refractivity contribution in [2.45, 2.75) is 60.2 Å². The Morgan fingerprint density at radius 2 is 1.81 bits per heavy atom. The zero-order chi connectivity index (χ0) is 16.1. The molecule has 21 heavy (non-hydrogen) atoms. The summed E-state index contributed by atoms with van der Waals surface area (Å²) in [5.74, 6) is -0.275. The highest BCUT2D eigenvalue weighted by atomic mass is 16.7. The third-order valence-corrected chi connectivity index (χ3v) is 2.80. The monoisotopic (exact) mass is 298 g/mol. The van der Waals surface area contributed by atoms with Gasteiger partial charge in [-0.05, 0) is 53.9 Å². The maximum atomic E-state index is 11.6. The molecule has 0 rings (SSSR count). The molecule has 1 atom stereocenters. The largest absolute Gasteiger partial charge is 0.463 e. The minimum Gasteiger partial charge on any atom is -0.463 e. The summed E-state index contributed by atoms with van der Waals surface area (Å²) in [6, 6.07) is 0. The fourth-order valence-electron chi connectivity index (χ4n) is 1.80. The number of ether oxygens (including phenoxy) is 3. The normalized spacial score (nSPS) is 12.9. The highest BCUT2D eigenvalue weighted by Crippen LogP contribution is 2.13. The third kappa shape index (κ3) is 12.3. The van der Waals surface area contributed by atoms with Crippen molar-refractivity contribution in [1.82, 2.24) is 0 Å². The van der Waals surface area contributed by atoms with Gasteiger partial charge < -0.3 is 14.2 Å². The van der Waals surface area contributed by atoms with Crippen LogP contribution in [0.15, 0.2) is 23.3 Å². The van der Waals surface area contributed by atoms with Gasteiger partial charge in [-0.1, -0.05) is 17.2 Å². The van der Waals surface area contributed by atoms with Crippen molar-refractivity contribution >= 4 is 5.97 Å².